The summed E-state index contributed by atoms with van der Waals surface area (Å²) in [7, 11) is 1.90. The number of carbonyl (C=O) groups is 4. The first-order valence-electron chi connectivity index (χ1n) is 44.9. The van der Waals surface area contributed by atoms with E-state index in [4.69, 9.17) is 52.4 Å². The Labute approximate surface area is 779 Å². The van der Waals surface area contributed by atoms with Crippen molar-refractivity contribution in [2.75, 3.05) is 0 Å². The van der Waals surface area contributed by atoms with Crippen molar-refractivity contribution in [2.24, 2.45) is 24.2 Å². The molecule has 0 radical (unpaired) electrons. The van der Waals surface area contributed by atoms with Gasteiger partial charge in [-0.15, -0.1) is 11.3 Å². The summed E-state index contributed by atoms with van der Waals surface area (Å²) in [6, 6.07) is 49.4. The van der Waals surface area contributed by atoms with Gasteiger partial charge in [0.2, 0.25) is 0 Å². The highest BCUT2D eigenvalue weighted by molar-refractivity contribution is 7.16. The van der Waals surface area contributed by atoms with Gasteiger partial charge in [0.25, 0.3) is 17.7 Å². The molecule has 3 fully saturated rings. The van der Waals surface area contributed by atoms with Gasteiger partial charge in [-0.2, -0.15) is 25.5 Å². The zero-order chi connectivity index (χ0) is 93.7. The number of amides is 3. The second-order valence-corrected chi connectivity index (χ2v) is 35.5. The van der Waals surface area contributed by atoms with Crippen LogP contribution in [0.2, 0.25) is 0 Å². The molecule has 3 saturated carbocycles. The highest BCUT2D eigenvalue weighted by Crippen LogP contribution is 2.42. The van der Waals surface area contributed by atoms with Crippen molar-refractivity contribution in [2.45, 2.75) is 136 Å². The van der Waals surface area contributed by atoms with E-state index in [0.29, 0.717) is 103 Å². The van der Waals surface area contributed by atoms with Crippen molar-refractivity contribution < 1.29 is 32.3 Å². The van der Waals surface area contributed by atoms with E-state index in [9.17, 15) is 32.3 Å². The Morgan fingerprint density at radius 2 is 0.831 bits per heavy atom. The number of ketones is 1. The van der Waals surface area contributed by atoms with E-state index in [2.05, 4.69) is 56.1 Å². The largest absolute Gasteiger partial charge is 0.364 e. The Morgan fingerprint density at radius 3 is 1.29 bits per heavy atom. The van der Waals surface area contributed by atoms with Crippen molar-refractivity contribution in [1.82, 2.24) is 117 Å². The minimum atomic E-state index is -0.612. The normalized spacial score (nSPS) is 13.0. The number of H-pyrrole nitrogens is 4. The van der Waals surface area contributed by atoms with Gasteiger partial charge in [-0.1, -0.05) is 55.5 Å². The number of aromatic amines is 4. The lowest BCUT2D eigenvalue weighted by molar-refractivity contribution is 0.0976. The van der Waals surface area contributed by atoms with Crippen LogP contribution in [0.15, 0.2) is 219 Å². The van der Waals surface area contributed by atoms with Crippen LogP contribution < -0.4 is 17.2 Å². The molecule has 15 heterocycles. The molecular formula is C101H92F3N27O4S. The van der Waals surface area contributed by atoms with Gasteiger partial charge in [0.15, 0.2) is 11.4 Å². The van der Waals surface area contributed by atoms with E-state index in [0.717, 1.165) is 202 Å². The molecule has 136 heavy (non-hydrogen) atoms. The Balaban J connectivity index is 0.000000112. The number of primary amides is 3. The van der Waals surface area contributed by atoms with Crippen LogP contribution in [0.25, 0.3) is 129 Å². The fourth-order valence-electron chi connectivity index (χ4n) is 16.9. The van der Waals surface area contributed by atoms with Gasteiger partial charge in [-0.3, -0.25) is 46.7 Å². The SMILES string of the molecule is CCCC(=O)c1ccc(-c2nc(-c3ccc4ncsc4c3)c(-c3ccn(C)n3)[nH]2)cc1.Cc1cc(F)cc(CCc2nc(-c3ccc4ncc(C(N)=O)n4c3)c(-c3ccn(C4CC4)n3)[nH]2)c1.Cc1cc(F)cc(CCc2nc(-c3ccc4ncc(C(N)=O)n4c3)c(-c3ccn(C4CC4)n3)[nH]2)c1.Cc1cc(F)cc(CCc2nc(-c3ccc4ncc(C(N)=O)n4n3)c(-c3ccn(C4CC4)n3)[nH]2)c1. The maximum atomic E-state index is 13.9. The van der Waals surface area contributed by atoms with Crippen LogP contribution in [0.3, 0.4) is 0 Å². The van der Waals surface area contributed by atoms with Crippen molar-refractivity contribution in [3.05, 3.63) is 310 Å². The summed E-state index contributed by atoms with van der Waals surface area (Å²) in [5, 5.41) is 23.5. The molecule has 31 nitrogen and oxygen atoms in total. The van der Waals surface area contributed by atoms with Gasteiger partial charge in [0.05, 0.1) is 92.3 Å². The van der Waals surface area contributed by atoms with Crippen LogP contribution in [0.4, 0.5) is 13.2 Å². The third-order valence-electron chi connectivity index (χ3n) is 24.0. The van der Waals surface area contributed by atoms with Crippen molar-refractivity contribution >= 4 is 62.0 Å². The van der Waals surface area contributed by atoms with Crippen molar-refractivity contribution in [3.63, 3.8) is 0 Å². The predicted molar refractivity (Wildman–Crippen MR) is 510 cm³/mol. The second kappa shape index (κ2) is 36.9. The molecule has 0 atom stereocenters. The maximum absolute atomic E-state index is 13.9. The van der Waals surface area contributed by atoms with Crippen LogP contribution in [-0.2, 0) is 45.6 Å². The molecule has 35 heteroatoms. The van der Waals surface area contributed by atoms with Crippen LogP contribution in [-0.4, -0.2) is 141 Å². The van der Waals surface area contributed by atoms with E-state index >= 15 is 0 Å². The smallest absolute Gasteiger partial charge is 0.269 e. The van der Waals surface area contributed by atoms with Gasteiger partial charge in [-0.25, -0.2) is 57.6 Å². The summed E-state index contributed by atoms with van der Waals surface area (Å²) in [4.78, 5) is 98.1. The number of nitrogens with zero attached hydrogens (tertiary/aromatic N) is 20. The number of hydrogen-bond donors (Lipinski definition) is 7. The number of nitrogens with one attached hydrogen (secondary N) is 4. The lowest BCUT2D eigenvalue weighted by Gasteiger charge is -2.04. The van der Waals surface area contributed by atoms with Gasteiger partial charge >= 0.3 is 0 Å². The molecule has 10 N–H and O–H groups in total. The lowest BCUT2D eigenvalue weighted by atomic mass is 10.0. The standard InChI is InChI=1S/2C26H24FN7O.C25H23FN8O.C24H21N5OS/c2*1-15-10-16(12-18(27)11-15)2-6-22-30-24(25(31-22)20-8-9-34(32-20)19-4-5-19)17-3-7-23-29-13-21(26(28)35)33(23)14-17;1-14-10-15(12-16(26)11-14)2-6-21-29-23(24(30-21)19-8-9-33(31-19)17-3-4-17)18-5-7-22-28-13-20(25(27)35)34(22)32-18;1-3-4-20(30)15-5-7-16(8-6-15)24-26-22(23(27-24)19-11-12-29(2)28-19)17-9-10-18-21(13-17)31-14-25-18/h2*3,7-14,19H,2,4-6H2,1H3,(H2,28,35)(H,30,31);5,7-13,17H,2-4,6H2,1H3,(H2,27,35)(H,29,30);5-14H,3-4H2,1-2H3,(H,26,27). The first kappa shape index (κ1) is 87.5. The molecule has 3 aliphatic carbocycles. The average Bonchev–Trinajstić information content (AvgIpc) is 1.63. The van der Waals surface area contributed by atoms with Crippen LogP contribution in [0.5, 0.6) is 0 Å². The Hall–Kier alpha value is -16.5. The van der Waals surface area contributed by atoms with Gasteiger partial charge < -0.3 is 37.1 Å². The number of aryl methyl sites for hydroxylation is 10. The maximum Gasteiger partial charge on any atom is 0.269 e. The average molecular weight is 1840 g/mol. The molecule has 0 unspecified atom stereocenters. The molecule has 3 aliphatic rings. The van der Waals surface area contributed by atoms with E-state index in [1.165, 1.54) is 41.3 Å². The molecule has 0 saturated heterocycles. The van der Waals surface area contributed by atoms with Gasteiger partial charge in [-0.05, 0) is 228 Å². The number of thiazole rings is 1. The summed E-state index contributed by atoms with van der Waals surface area (Å²) < 4.78 is 55.2. The van der Waals surface area contributed by atoms with Crippen LogP contribution in [0.1, 0.15) is 169 Å². The molecule has 5 aromatic carbocycles. The molecule has 23 rings (SSSR count). The minimum absolute atomic E-state index is 0.168. The number of benzene rings is 5. The van der Waals surface area contributed by atoms with E-state index in [-0.39, 0.29) is 28.9 Å². The number of carbonyl (C=O) groups excluding carboxylic acids is 4. The highest BCUT2D eigenvalue weighted by atomic mass is 32.1. The third kappa shape index (κ3) is 19.0. The lowest BCUT2D eigenvalue weighted by Crippen LogP contribution is -2.15. The van der Waals surface area contributed by atoms with Crippen molar-refractivity contribution in [1.29, 1.82) is 0 Å². The number of Topliss-reactive ketones (excluding diaryl/α,β-unsaturated/α-hetero) is 1. The quantitative estimate of drug-likeness (QED) is 0.0235. The number of nitrogens with two attached hydrogens (primary N) is 3. The van der Waals surface area contributed by atoms with E-state index in [1.807, 2.05) is 201 Å². The van der Waals surface area contributed by atoms with Crippen molar-refractivity contribution in [3.8, 4) is 102 Å². The van der Waals surface area contributed by atoms with Gasteiger partial charge in [0, 0.05) is 97.7 Å². The predicted octanol–water partition coefficient (Wildman–Crippen LogP) is 17.9. The minimum Gasteiger partial charge on any atom is -0.364 e. The number of halogens is 3. The number of fused-ring (bicyclic) bond motifs is 4. The summed E-state index contributed by atoms with van der Waals surface area (Å²) in [6.45, 7) is 7.67. The molecule has 0 bridgehead atoms. The van der Waals surface area contributed by atoms with Gasteiger partial charge in [0.1, 0.15) is 103 Å². The molecule has 20 aromatic rings. The number of imidazole rings is 7. The molecule has 682 valence electrons. The fraction of sp³-hybridized carbons (Fsp3) is 0.218. The Kier molecular flexibility index (Phi) is 23.8. The van der Waals surface area contributed by atoms with Crippen LogP contribution in [0, 0.1) is 38.2 Å². The molecule has 3 amide bonds. The third-order valence-corrected chi connectivity index (χ3v) is 24.8. The number of rotatable bonds is 27. The Morgan fingerprint density at radius 1 is 0.412 bits per heavy atom. The fourth-order valence-corrected chi connectivity index (χ4v) is 17.6. The zero-order valence-electron chi connectivity index (χ0n) is 74.8. The first-order chi connectivity index (χ1) is 65.9. The molecular weight excluding hydrogens is 1740 g/mol. The summed E-state index contributed by atoms with van der Waals surface area (Å²) >= 11 is 1.61. The summed E-state index contributed by atoms with van der Waals surface area (Å²) in [6.07, 6.45) is 27.8. The Bertz CT molecular complexity index is 7320. The number of aromatic nitrogens is 24. The number of hydrogen-bond acceptors (Lipinski definition) is 18. The monoisotopic (exact) mass is 1840 g/mol. The summed E-state index contributed by atoms with van der Waals surface area (Å²) in [5.74, 6) is 0.787. The highest BCUT2D eigenvalue weighted by Gasteiger charge is 2.31. The molecule has 0 spiro atoms. The topological polar surface area (TPSA) is 410 Å². The van der Waals surface area contributed by atoms with Crippen LogP contribution >= 0.6 is 11.3 Å². The summed E-state index contributed by atoms with van der Waals surface area (Å²) in [5.41, 5.74) is 41.5. The van der Waals surface area contributed by atoms with E-state index < -0.39 is 17.7 Å². The first-order valence-corrected chi connectivity index (χ1v) is 45.8. The number of pyridine rings is 2. The molecule has 0 aliphatic heterocycles. The van der Waals surface area contributed by atoms with E-state index in [1.54, 1.807) is 49.1 Å². The second-order valence-electron chi connectivity index (χ2n) is 34.6. The molecule has 15 aromatic heterocycles. The zero-order valence-corrected chi connectivity index (χ0v) is 75.6.